The lowest BCUT2D eigenvalue weighted by atomic mass is 10.2. The number of aromatic nitrogens is 3. The monoisotopic (exact) mass is 294 g/mol. The fourth-order valence-electron chi connectivity index (χ4n) is 1.97. The van der Waals surface area contributed by atoms with Gasteiger partial charge in [-0.1, -0.05) is 35.4 Å². The summed E-state index contributed by atoms with van der Waals surface area (Å²) in [5.41, 5.74) is 3.37. The molecule has 0 amide bonds. The van der Waals surface area contributed by atoms with Crippen LogP contribution in [0.15, 0.2) is 48.5 Å². The summed E-state index contributed by atoms with van der Waals surface area (Å²) in [4.78, 5) is 4.36. The minimum atomic E-state index is 0.353. The van der Waals surface area contributed by atoms with Gasteiger partial charge < -0.3 is 10.1 Å². The van der Waals surface area contributed by atoms with Gasteiger partial charge in [-0.15, -0.1) is 5.10 Å². The van der Waals surface area contributed by atoms with E-state index in [1.54, 1.807) is 0 Å². The minimum absolute atomic E-state index is 0.353. The van der Waals surface area contributed by atoms with Gasteiger partial charge in [0.2, 0.25) is 5.95 Å². The number of aryl methyl sites for hydroxylation is 2. The molecule has 0 aliphatic rings. The first-order valence-electron chi connectivity index (χ1n) is 7.13. The minimum Gasteiger partial charge on any atom is -0.486 e. The van der Waals surface area contributed by atoms with Crippen LogP contribution in [0.2, 0.25) is 0 Å². The highest BCUT2D eigenvalue weighted by molar-refractivity contribution is 5.53. The van der Waals surface area contributed by atoms with E-state index in [1.807, 2.05) is 55.5 Å². The Morgan fingerprint density at radius 1 is 0.955 bits per heavy atom. The van der Waals surface area contributed by atoms with Gasteiger partial charge in [-0.3, -0.25) is 5.10 Å². The van der Waals surface area contributed by atoms with E-state index in [0.29, 0.717) is 18.4 Å². The molecule has 22 heavy (non-hydrogen) atoms. The summed E-state index contributed by atoms with van der Waals surface area (Å²) < 4.78 is 5.66. The quantitative estimate of drug-likeness (QED) is 0.752. The van der Waals surface area contributed by atoms with Crippen LogP contribution in [0.5, 0.6) is 5.75 Å². The summed E-state index contributed by atoms with van der Waals surface area (Å²) >= 11 is 0. The zero-order valence-corrected chi connectivity index (χ0v) is 12.6. The van der Waals surface area contributed by atoms with Gasteiger partial charge in [-0.2, -0.15) is 4.98 Å². The van der Waals surface area contributed by atoms with Crippen molar-refractivity contribution in [3.63, 3.8) is 0 Å². The predicted molar refractivity (Wildman–Crippen MR) is 86.4 cm³/mol. The third kappa shape index (κ3) is 3.63. The Labute approximate surface area is 129 Å². The van der Waals surface area contributed by atoms with E-state index in [4.69, 9.17) is 4.74 Å². The van der Waals surface area contributed by atoms with Gasteiger partial charge in [-0.25, -0.2) is 0 Å². The van der Waals surface area contributed by atoms with Crippen LogP contribution >= 0.6 is 0 Å². The van der Waals surface area contributed by atoms with Gasteiger partial charge in [0, 0.05) is 5.69 Å². The van der Waals surface area contributed by atoms with Crippen LogP contribution in [0.4, 0.5) is 11.6 Å². The molecule has 2 aromatic carbocycles. The molecule has 0 bridgehead atoms. The number of rotatable bonds is 5. The summed E-state index contributed by atoms with van der Waals surface area (Å²) in [6.45, 7) is 4.45. The highest BCUT2D eigenvalue weighted by Crippen LogP contribution is 2.15. The second kappa shape index (κ2) is 6.30. The molecular weight excluding hydrogens is 276 g/mol. The van der Waals surface area contributed by atoms with Crippen molar-refractivity contribution in [1.29, 1.82) is 0 Å². The van der Waals surface area contributed by atoms with Crippen molar-refractivity contribution in [3.05, 3.63) is 65.5 Å². The Morgan fingerprint density at radius 3 is 2.27 bits per heavy atom. The van der Waals surface area contributed by atoms with Gasteiger partial charge >= 0.3 is 0 Å². The Kier molecular flexibility index (Phi) is 4.05. The third-order valence-corrected chi connectivity index (χ3v) is 3.24. The molecule has 0 saturated heterocycles. The van der Waals surface area contributed by atoms with Gasteiger partial charge in [0.25, 0.3) is 0 Å². The third-order valence-electron chi connectivity index (χ3n) is 3.24. The van der Waals surface area contributed by atoms with E-state index in [1.165, 1.54) is 11.1 Å². The number of H-pyrrole nitrogens is 1. The normalized spacial score (nSPS) is 10.5. The molecule has 112 valence electrons. The van der Waals surface area contributed by atoms with Crippen molar-refractivity contribution in [2.24, 2.45) is 0 Å². The first-order chi connectivity index (χ1) is 10.7. The molecule has 1 aromatic heterocycles. The van der Waals surface area contributed by atoms with Crippen molar-refractivity contribution >= 4 is 11.6 Å². The molecule has 0 saturated carbocycles. The summed E-state index contributed by atoms with van der Waals surface area (Å²) in [5, 5.41) is 10.2. The Hall–Kier alpha value is -2.82. The largest absolute Gasteiger partial charge is 0.486 e. The number of anilines is 2. The van der Waals surface area contributed by atoms with Crippen LogP contribution in [-0.2, 0) is 6.61 Å². The highest BCUT2D eigenvalue weighted by Gasteiger charge is 2.04. The van der Waals surface area contributed by atoms with Crippen LogP contribution in [0.3, 0.4) is 0 Å². The molecule has 5 nitrogen and oxygen atoms in total. The summed E-state index contributed by atoms with van der Waals surface area (Å²) in [5.74, 6) is 2.02. The zero-order valence-electron chi connectivity index (χ0n) is 12.6. The van der Waals surface area contributed by atoms with Gasteiger partial charge in [0.1, 0.15) is 12.4 Å². The van der Waals surface area contributed by atoms with Crippen LogP contribution < -0.4 is 10.1 Å². The van der Waals surface area contributed by atoms with Crippen LogP contribution in [0.25, 0.3) is 0 Å². The first kappa shape index (κ1) is 14.1. The van der Waals surface area contributed by atoms with Crippen molar-refractivity contribution in [2.75, 3.05) is 5.32 Å². The van der Waals surface area contributed by atoms with Crippen molar-refractivity contribution in [2.45, 2.75) is 20.5 Å². The molecule has 3 aromatic rings. The molecule has 2 N–H and O–H groups in total. The van der Waals surface area contributed by atoms with E-state index in [9.17, 15) is 0 Å². The number of nitrogens with zero attached hydrogens (tertiary/aromatic N) is 2. The fraction of sp³-hybridized carbons (Fsp3) is 0.176. The number of nitrogens with one attached hydrogen (secondary N) is 2. The first-order valence-corrected chi connectivity index (χ1v) is 7.13. The van der Waals surface area contributed by atoms with E-state index in [2.05, 4.69) is 27.4 Å². The number of aromatic amines is 1. The molecule has 0 unspecified atom stereocenters. The van der Waals surface area contributed by atoms with Gasteiger partial charge in [0.15, 0.2) is 5.82 Å². The summed E-state index contributed by atoms with van der Waals surface area (Å²) in [6, 6.07) is 16.0. The second-order valence-corrected chi connectivity index (χ2v) is 5.20. The average Bonchev–Trinajstić information content (AvgIpc) is 2.97. The maximum Gasteiger partial charge on any atom is 0.246 e. The topological polar surface area (TPSA) is 62.8 Å². The molecule has 3 rings (SSSR count). The number of hydrogen-bond acceptors (Lipinski definition) is 4. The maximum absolute atomic E-state index is 5.66. The van der Waals surface area contributed by atoms with Gasteiger partial charge in [0.05, 0.1) is 0 Å². The van der Waals surface area contributed by atoms with Crippen LogP contribution in [-0.4, -0.2) is 15.2 Å². The smallest absolute Gasteiger partial charge is 0.246 e. The van der Waals surface area contributed by atoms with E-state index in [-0.39, 0.29) is 0 Å². The molecular formula is C17H18N4O. The molecule has 5 heteroatoms. The standard InChI is InChI=1S/C17H18N4O/c1-12-3-7-14(8-4-12)18-17-19-16(20-21-17)11-22-15-9-5-13(2)6-10-15/h3-10H,11H2,1-2H3,(H2,18,19,20,21). The molecule has 0 aliphatic heterocycles. The van der Waals surface area contributed by atoms with Crippen LogP contribution in [0.1, 0.15) is 17.0 Å². The number of hydrogen-bond donors (Lipinski definition) is 2. The SMILES string of the molecule is Cc1ccc(Nc2n[nH]c(COc3ccc(C)cc3)n2)cc1. The lowest BCUT2D eigenvalue weighted by Gasteiger charge is -2.03. The van der Waals surface area contributed by atoms with Crippen molar-refractivity contribution in [3.8, 4) is 5.75 Å². The van der Waals surface area contributed by atoms with Gasteiger partial charge in [-0.05, 0) is 38.1 Å². The van der Waals surface area contributed by atoms with Crippen molar-refractivity contribution in [1.82, 2.24) is 15.2 Å². The second-order valence-electron chi connectivity index (χ2n) is 5.20. The predicted octanol–water partition coefficient (Wildman–Crippen LogP) is 3.74. The zero-order chi connectivity index (χ0) is 15.4. The van der Waals surface area contributed by atoms with E-state index < -0.39 is 0 Å². The lowest BCUT2D eigenvalue weighted by molar-refractivity contribution is 0.296. The maximum atomic E-state index is 5.66. The fourth-order valence-corrected chi connectivity index (χ4v) is 1.97. The van der Waals surface area contributed by atoms with Crippen LogP contribution in [0, 0.1) is 13.8 Å². The summed E-state index contributed by atoms with van der Waals surface area (Å²) in [7, 11) is 0. The van der Waals surface area contributed by atoms with E-state index in [0.717, 1.165) is 11.4 Å². The Balaban J connectivity index is 1.59. The van der Waals surface area contributed by atoms with E-state index >= 15 is 0 Å². The lowest BCUT2D eigenvalue weighted by Crippen LogP contribution is -1.98. The molecule has 0 atom stereocenters. The molecule has 0 fully saturated rings. The molecule has 0 aliphatic carbocycles. The summed E-state index contributed by atoms with van der Waals surface area (Å²) in [6.07, 6.45) is 0. The highest BCUT2D eigenvalue weighted by atomic mass is 16.5. The molecule has 0 radical (unpaired) electrons. The molecule has 0 spiro atoms. The Bertz CT molecular complexity index is 732. The molecule has 1 heterocycles. The Morgan fingerprint density at radius 2 is 1.59 bits per heavy atom. The van der Waals surface area contributed by atoms with Crippen molar-refractivity contribution < 1.29 is 4.74 Å². The number of ether oxygens (including phenoxy) is 1. The average molecular weight is 294 g/mol. The number of benzene rings is 2.